The van der Waals surface area contributed by atoms with Gasteiger partial charge < -0.3 is 19.1 Å². The lowest BCUT2D eigenvalue weighted by Gasteiger charge is -2.48. The highest BCUT2D eigenvalue weighted by Gasteiger charge is 2.42. The van der Waals surface area contributed by atoms with E-state index in [2.05, 4.69) is 15.0 Å². The molecule has 7 nitrogen and oxygen atoms in total. The number of ether oxygens (including phenoxy) is 1. The van der Waals surface area contributed by atoms with Crippen LogP contribution in [0.2, 0.25) is 0 Å². The molecule has 1 aromatic heterocycles. The molecule has 3 heterocycles. The van der Waals surface area contributed by atoms with Crippen molar-refractivity contribution in [2.24, 2.45) is 5.41 Å². The lowest BCUT2D eigenvalue weighted by Crippen LogP contribution is -2.54. The summed E-state index contributed by atoms with van der Waals surface area (Å²) in [4.78, 5) is 21.2. The molecule has 2 aliphatic heterocycles. The number of anilines is 1. The molecular weight excluding hydrogens is 320 g/mol. The van der Waals surface area contributed by atoms with Crippen molar-refractivity contribution in [3.8, 4) is 0 Å². The highest BCUT2D eigenvalue weighted by atomic mass is 16.5. The third kappa shape index (κ3) is 3.66. The monoisotopic (exact) mass is 348 g/mol. The zero-order valence-corrected chi connectivity index (χ0v) is 15.1. The largest absolute Gasteiger partial charge is 0.385 e. The van der Waals surface area contributed by atoms with Gasteiger partial charge in [0, 0.05) is 57.6 Å². The molecule has 2 saturated heterocycles. The predicted molar refractivity (Wildman–Crippen MR) is 92.5 cm³/mol. The normalized spacial score (nSPS) is 27.3. The van der Waals surface area contributed by atoms with Crippen LogP contribution in [0.5, 0.6) is 0 Å². The Morgan fingerprint density at radius 3 is 3.00 bits per heavy atom. The van der Waals surface area contributed by atoms with Crippen molar-refractivity contribution in [3.05, 3.63) is 5.89 Å². The van der Waals surface area contributed by atoms with Gasteiger partial charge in [-0.15, -0.1) is 0 Å². The van der Waals surface area contributed by atoms with Crippen LogP contribution in [0.3, 0.4) is 0 Å². The van der Waals surface area contributed by atoms with Gasteiger partial charge in [0.1, 0.15) is 0 Å². The molecule has 3 fully saturated rings. The molecular formula is C18H28N4O3. The van der Waals surface area contributed by atoms with Crippen LogP contribution in [-0.2, 0) is 9.53 Å². The highest BCUT2D eigenvalue weighted by Crippen LogP contribution is 2.42. The van der Waals surface area contributed by atoms with Gasteiger partial charge in [-0.3, -0.25) is 4.79 Å². The molecule has 0 radical (unpaired) electrons. The van der Waals surface area contributed by atoms with Crippen LogP contribution in [0, 0.1) is 5.41 Å². The van der Waals surface area contributed by atoms with Crippen molar-refractivity contribution >= 4 is 11.9 Å². The predicted octanol–water partition coefficient (Wildman–Crippen LogP) is 2.19. The number of hydrogen-bond donors (Lipinski definition) is 0. The van der Waals surface area contributed by atoms with Crippen molar-refractivity contribution < 1.29 is 14.1 Å². The number of piperidine rings is 2. The second kappa shape index (κ2) is 6.94. The fraction of sp³-hybridized carbons (Fsp3) is 0.833. The second-order valence-corrected chi connectivity index (χ2v) is 7.89. The lowest BCUT2D eigenvalue weighted by molar-refractivity contribution is -0.138. The molecule has 1 aromatic rings. The SMILES string of the molecule is COCCCN1C[C@]2(CCCN(c3noc(C4CC4)n3)C2)CCC1=O. The number of likely N-dealkylation sites (tertiary alicyclic amines) is 1. The maximum atomic E-state index is 12.3. The Kier molecular flexibility index (Phi) is 4.67. The minimum absolute atomic E-state index is 0.166. The maximum absolute atomic E-state index is 12.3. The number of nitrogens with zero attached hydrogens (tertiary/aromatic N) is 4. The molecule has 7 heteroatoms. The van der Waals surface area contributed by atoms with E-state index in [0.717, 1.165) is 57.3 Å². The molecule has 4 rings (SSSR count). The first-order valence-corrected chi connectivity index (χ1v) is 9.54. The van der Waals surface area contributed by atoms with Gasteiger partial charge in [0.25, 0.3) is 5.95 Å². The van der Waals surface area contributed by atoms with Gasteiger partial charge in [0.05, 0.1) is 0 Å². The number of rotatable bonds is 6. The standard InChI is InChI=1S/C18H28N4O3/c1-24-11-3-10-21-12-18(8-6-15(21)23)7-2-9-22(13-18)17-19-16(25-20-17)14-4-5-14/h14H,2-13H2,1H3/t18-/m0/s1. The molecule has 1 saturated carbocycles. The summed E-state index contributed by atoms with van der Waals surface area (Å²) in [6, 6.07) is 0. The maximum Gasteiger partial charge on any atom is 0.266 e. The molecule has 138 valence electrons. The summed E-state index contributed by atoms with van der Waals surface area (Å²) < 4.78 is 10.6. The van der Waals surface area contributed by atoms with Crippen LogP contribution in [0.1, 0.15) is 56.8 Å². The van der Waals surface area contributed by atoms with E-state index >= 15 is 0 Å². The van der Waals surface area contributed by atoms with E-state index in [9.17, 15) is 4.79 Å². The number of amides is 1. The Hall–Kier alpha value is -1.63. The molecule has 1 spiro atoms. The topological polar surface area (TPSA) is 71.7 Å². The van der Waals surface area contributed by atoms with E-state index < -0.39 is 0 Å². The van der Waals surface area contributed by atoms with E-state index in [1.165, 1.54) is 19.3 Å². The van der Waals surface area contributed by atoms with Gasteiger partial charge in [0.15, 0.2) is 0 Å². The Labute approximate surface area is 148 Å². The van der Waals surface area contributed by atoms with Gasteiger partial charge in [-0.1, -0.05) is 0 Å². The first-order chi connectivity index (χ1) is 12.2. The first-order valence-electron chi connectivity index (χ1n) is 9.54. The zero-order chi connectivity index (χ0) is 17.3. The summed E-state index contributed by atoms with van der Waals surface area (Å²) in [6.07, 6.45) is 7.15. The summed E-state index contributed by atoms with van der Waals surface area (Å²) in [5, 5.41) is 4.22. The van der Waals surface area contributed by atoms with Crippen molar-refractivity contribution in [2.75, 3.05) is 44.8 Å². The zero-order valence-electron chi connectivity index (χ0n) is 15.1. The van der Waals surface area contributed by atoms with E-state index in [0.29, 0.717) is 18.9 Å². The van der Waals surface area contributed by atoms with Crippen LogP contribution in [0.15, 0.2) is 4.52 Å². The summed E-state index contributed by atoms with van der Waals surface area (Å²) in [7, 11) is 1.71. The third-order valence-corrected chi connectivity index (χ3v) is 5.83. The fourth-order valence-corrected chi connectivity index (χ4v) is 4.27. The summed E-state index contributed by atoms with van der Waals surface area (Å²) in [5.41, 5.74) is 0.166. The van der Waals surface area contributed by atoms with Crippen LogP contribution in [-0.4, -0.2) is 60.8 Å². The van der Waals surface area contributed by atoms with Gasteiger partial charge >= 0.3 is 0 Å². The molecule has 0 bridgehead atoms. The van der Waals surface area contributed by atoms with Gasteiger partial charge in [0.2, 0.25) is 11.8 Å². The van der Waals surface area contributed by atoms with E-state index in [1.54, 1.807) is 7.11 Å². The van der Waals surface area contributed by atoms with Gasteiger partial charge in [-0.05, 0) is 43.7 Å². The number of methoxy groups -OCH3 is 1. The molecule has 25 heavy (non-hydrogen) atoms. The fourth-order valence-electron chi connectivity index (χ4n) is 4.27. The Bertz CT molecular complexity index is 615. The molecule has 1 aliphatic carbocycles. The average molecular weight is 348 g/mol. The highest BCUT2D eigenvalue weighted by molar-refractivity contribution is 5.77. The molecule has 0 aromatic carbocycles. The summed E-state index contributed by atoms with van der Waals surface area (Å²) in [6.45, 7) is 4.24. The van der Waals surface area contributed by atoms with Crippen LogP contribution < -0.4 is 4.90 Å². The van der Waals surface area contributed by atoms with Crippen molar-refractivity contribution in [3.63, 3.8) is 0 Å². The van der Waals surface area contributed by atoms with E-state index in [-0.39, 0.29) is 11.3 Å². The Morgan fingerprint density at radius 1 is 1.32 bits per heavy atom. The van der Waals surface area contributed by atoms with Crippen LogP contribution in [0.4, 0.5) is 5.95 Å². The summed E-state index contributed by atoms with van der Waals surface area (Å²) in [5.74, 6) is 2.32. The molecule has 3 aliphatic rings. The molecule has 0 N–H and O–H groups in total. The van der Waals surface area contributed by atoms with Crippen molar-refractivity contribution in [1.29, 1.82) is 0 Å². The van der Waals surface area contributed by atoms with Crippen LogP contribution >= 0.6 is 0 Å². The summed E-state index contributed by atoms with van der Waals surface area (Å²) >= 11 is 0. The quantitative estimate of drug-likeness (QED) is 0.734. The number of carbonyl (C=O) groups excluding carboxylic acids is 1. The van der Waals surface area contributed by atoms with Gasteiger partial charge in [-0.2, -0.15) is 4.98 Å². The molecule has 1 amide bonds. The van der Waals surface area contributed by atoms with E-state index in [4.69, 9.17) is 9.26 Å². The molecule has 0 unspecified atom stereocenters. The lowest BCUT2D eigenvalue weighted by atomic mass is 9.73. The Morgan fingerprint density at radius 2 is 2.20 bits per heavy atom. The smallest absolute Gasteiger partial charge is 0.266 e. The minimum atomic E-state index is 0.166. The second-order valence-electron chi connectivity index (χ2n) is 7.89. The molecule has 1 atom stereocenters. The number of carbonyl (C=O) groups is 1. The third-order valence-electron chi connectivity index (χ3n) is 5.83. The Balaban J connectivity index is 1.42. The number of hydrogen-bond acceptors (Lipinski definition) is 6. The minimum Gasteiger partial charge on any atom is -0.385 e. The first kappa shape index (κ1) is 16.8. The van der Waals surface area contributed by atoms with Crippen LogP contribution in [0.25, 0.3) is 0 Å². The van der Waals surface area contributed by atoms with Gasteiger partial charge in [-0.25, -0.2) is 0 Å². The average Bonchev–Trinajstić information content (AvgIpc) is 3.35. The number of aromatic nitrogens is 2. The van der Waals surface area contributed by atoms with Crippen molar-refractivity contribution in [1.82, 2.24) is 15.0 Å². The van der Waals surface area contributed by atoms with E-state index in [1.807, 2.05) is 4.90 Å². The van der Waals surface area contributed by atoms with Crippen molar-refractivity contribution in [2.45, 2.75) is 50.9 Å².